The van der Waals surface area contributed by atoms with Crippen molar-refractivity contribution >= 4 is 15.7 Å². The van der Waals surface area contributed by atoms with Gasteiger partial charge in [0.05, 0.1) is 30.8 Å². The van der Waals surface area contributed by atoms with E-state index in [2.05, 4.69) is 4.98 Å². The zero-order valence-electron chi connectivity index (χ0n) is 12.5. The van der Waals surface area contributed by atoms with Crippen LogP contribution in [-0.2, 0) is 14.8 Å². The average Bonchev–Trinajstić information content (AvgIpc) is 2.56. The molecule has 0 atom stereocenters. The molecule has 1 aromatic carbocycles. The Morgan fingerprint density at radius 1 is 1.05 bits per heavy atom. The van der Waals surface area contributed by atoms with Crippen molar-refractivity contribution in [3.05, 3.63) is 48.8 Å². The molecule has 0 N–H and O–H groups in total. The van der Waals surface area contributed by atoms with Crippen LogP contribution in [0, 0.1) is 0 Å². The largest absolute Gasteiger partial charge is 0.497 e. The van der Waals surface area contributed by atoms with E-state index < -0.39 is 10.0 Å². The topological polar surface area (TPSA) is 68.7 Å². The number of nitrogens with zero attached hydrogens (tertiary/aromatic N) is 2. The molecular formula is C15H18N2O4S. The number of ether oxygens (including phenoxy) is 2. The highest BCUT2D eigenvalue weighted by atomic mass is 32.2. The Bertz CT molecular complexity index is 687. The first-order valence-electron chi connectivity index (χ1n) is 6.65. The van der Waals surface area contributed by atoms with Gasteiger partial charge in [-0.3, -0.25) is 9.29 Å². The standard InChI is InChI=1S/C15H18N2O4S/c1-20-12-11-17(13-7-9-16-10-8-13)22(18,19)15-5-3-14(21-2)4-6-15/h3-10H,11-12H2,1-2H3. The van der Waals surface area contributed by atoms with E-state index in [1.165, 1.54) is 30.7 Å². The van der Waals surface area contributed by atoms with Crippen LogP contribution in [0.2, 0.25) is 0 Å². The van der Waals surface area contributed by atoms with Crippen LogP contribution in [-0.4, -0.2) is 40.8 Å². The van der Waals surface area contributed by atoms with Crippen molar-refractivity contribution in [2.45, 2.75) is 4.90 Å². The number of rotatable bonds is 7. The molecule has 7 heteroatoms. The number of hydrogen-bond donors (Lipinski definition) is 0. The summed E-state index contributed by atoms with van der Waals surface area (Å²) in [6.45, 7) is 0.507. The highest BCUT2D eigenvalue weighted by Gasteiger charge is 2.24. The zero-order chi connectivity index (χ0) is 16.0. The quantitative estimate of drug-likeness (QED) is 0.779. The van der Waals surface area contributed by atoms with Gasteiger partial charge in [-0.05, 0) is 36.4 Å². The van der Waals surface area contributed by atoms with Crippen molar-refractivity contribution < 1.29 is 17.9 Å². The maximum atomic E-state index is 12.8. The van der Waals surface area contributed by atoms with Gasteiger partial charge in [-0.1, -0.05) is 0 Å². The van der Waals surface area contributed by atoms with E-state index in [-0.39, 0.29) is 18.0 Å². The molecule has 1 heterocycles. The molecule has 0 aliphatic rings. The van der Waals surface area contributed by atoms with Gasteiger partial charge in [0.2, 0.25) is 0 Å². The monoisotopic (exact) mass is 322 g/mol. The summed E-state index contributed by atoms with van der Waals surface area (Å²) in [5.41, 5.74) is 0.544. The highest BCUT2D eigenvalue weighted by Crippen LogP contribution is 2.24. The molecular weight excluding hydrogens is 304 g/mol. The van der Waals surface area contributed by atoms with Gasteiger partial charge < -0.3 is 9.47 Å². The van der Waals surface area contributed by atoms with Crippen LogP contribution in [0.25, 0.3) is 0 Å². The van der Waals surface area contributed by atoms with E-state index in [4.69, 9.17) is 9.47 Å². The predicted octanol–water partition coefficient (Wildman–Crippen LogP) is 1.93. The van der Waals surface area contributed by atoms with Gasteiger partial charge in [-0.25, -0.2) is 8.42 Å². The molecule has 0 unspecified atom stereocenters. The van der Waals surface area contributed by atoms with Gasteiger partial charge in [0.1, 0.15) is 5.75 Å². The summed E-state index contributed by atoms with van der Waals surface area (Å²) in [4.78, 5) is 4.11. The molecule has 6 nitrogen and oxygen atoms in total. The van der Waals surface area contributed by atoms with Gasteiger partial charge in [0.25, 0.3) is 10.0 Å². The lowest BCUT2D eigenvalue weighted by molar-refractivity contribution is 0.208. The van der Waals surface area contributed by atoms with Crippen molar-refractivity contribution in [2.24, 2.45) is 0 Å². The lowest BCUT2D eigenvalue weighted by atomic mass is 10.3. The average molecular weight is 322 g/mol. The van der Waals surface area contributed by atoms with Gasteiger partial charge in [0, 0.05) is 19.5 Å². The minimum absolute atomic E-state index is 0.196. The Morgan fingerprint density at radius 3 is 2.23 bits per heavy atom. The van der Waals surface area contributed by atoms with Gasteiger partial charge in [-0.2, -0.15) is 0 Å². The molecule has 0 amide bonds. The Kier molecular flexibility index (Phi) is 5.35. The van der Waals surface area contributed by atoms with E-state index in [1.54, 1.807) is 36.7 Å². The van der Waals surface area contributed by atoms with Gasteiger partial charge in [0.15, 0.2) is 0 Å². The molecule has 0 bridgehead atoms. The van der Waals surface area contributed by atoms with Gasteiger partial charge >= 0.3 is 0 Å². The summed E-state index contributed by atoms with van der Waals surface area (Å²) in [5.74, 6) is 0.603. The van der Waals surface area contributed by atoms with E-state index in [0.29, 0.717) is 11.4 Å². The molecule has 0 aliphatic heterocycles. The highest BCUT2D eigenvalue weighted by molar-refractivity contribution is 7.92. The van der Waals surface area contributed by atoms with E-state index >= 15 is 0 Å². The van der Waals surface area contributed by atoms with E-state index in [0.717, 1.165) is 0 Å². The molecule has 0 saturated heterocycles. The van der Waals surface area contributed by atoms with Crippen molar-refractivity contribution in [2.75, 3.05) is 31.7 Å². The molecule has 1 aromatic heterocycles. The third kappa shape index (κ3) is 3.55. The number of hydrogen-bond acceptors (Lipinski definition) is 5. The molecule has 2 rings (SSSR count). The number of aromatic nitrogens is 1. The normalized spacial score (nSPS) is 11.2. The Hall–Kier alpha value is -2.12. The minimum atomic E-state index is -3.68. The SMILES string of the molecule is COCCN(c1ccncc1)S(=O)(=O)c1ccc(OC)cc1. The number of sulfonamides is 1. The molecule has 0 radical (unpaired) electrons. The first kappa shape index (κ1) is 16.3. The smallest absolute Gasteiger partial charge is 0.264 e. The van der Waals surface area contributed by atoms with Crippen molar-refractivity contribution in [3.63, 3.8) is 0 Å². The van der Waals surface area contributed by atoms with Crippen LogP contribution in [0.5, 0.6) is 5.75 Å². The van der Waals surface area contributed by atoms with E-state index in [1.807, 2.05) is 0 Å². The van der Waals surface area contributed by atoms with Crippen LogP contribution in [0.3, 0.4) is 0 Å². The summed E-state index contributed by atoms with van der Waals surface area (Å²) < 4.78 is 37.1. The van der Waals surface area contributed by atoms with Crippen molar-refractivity contribution in [3.8, 4) is 5.75 Å². The minimum Gasteiger partial charge on any atom is -0.497 e. The second-order valence-corrected chi connectivity index (χ2v) is 6.31. The van der Waals surface area contributed by atoms with Crippen LogP contribution >= 0.6 is 0 Å². The fraction of sp³-hybridized carbons (Fsp3) is 0.267. The van der Waals surface area contributed by atoms with Gasteiger partial charge in [-0.15, -0.1) is 0 Å². The maximum Gasteiger partial charge on any atom is 0.264 e. The van der Waals surface area contributed by atoms with Crippen molar-refractivity contribution in [1.29, 1.82) is 0 Å². The lowest BCUT2D eigenvalue weighted by Crippen LogP contribution is -2.34. The van der Waals surface area contributed by atoms with E-state index in [9.17, 15) is 8.42 Å². The van der Waals surface area contributed by atoms with Crippen LogP contribution in [0.4, 0.5) is 5.69 Å². The third-order valence-electron chi connectivity index (χ3n) is 3.10. The molecule has 2 aromatic rings. The number of anilines is 1. The van der Waals surface area contributed by atoms with Crippen LogP contribution < -0.4 is 9.04 Å². The molecule has 0 saturated carbocycles. The molecule has 0 aliphatic carbocycles. The Balaban J connectivity index is 2.39. The number of pyridine rings is 1. The summed E-state index contributed by atoms with van der Waals surface area (Å²) in [6, 6.07) is 9.58. The second kappa shape index (κ2) is 7.24. The Labute approximate surface area is 130 Å². The van der Waals surface area contributed by atoms with Crippen LogP contribution in [0.1, 0.15) is 0 Å². The predicted molar refractivity (Wildman–Crippen MR) is 83.6 cm³/mol. The number of methoxy groups -OCH3 is 2. The maximum absolute atomic E-state index is 12.8. The van der Waals surface area contributed by atoms with Crippen molar-refractivity contribution in [1.82, 2.24) is 4.98 Å². The first-order valence-corrected chi connectivity index (χ1v) is 8.09. The first-order chi connectivity index (χ1) is 10.6. The summed E-state index contributed by atoms with van der Waals surface area (Å²) >= 11 is 0. The summed E-state index contributed by atoms with van der Waals surface area (Å²) in [7, 11) is -0.616. The lowest BCUT2D eigenvalue weighted by Gasteiger charge is -2.24. The van der Waals surface area contributed by atoms with Crippen LogP contribution in [0.15, 0.2) is 53.7 Å². The number of benzene rings is 1. The summed E-state index contributed by atoms with van der Waals surface area (Å²) in [5, 5.41) is 0. The third-order valence-corrected chi connectivity index (χ3v) is 4.94. The molecule has 118 valence electrons. The fourth-order valence-electron chi connectivity index (χ4n) is 1.95. The molecule has 0 fully saturated rings. The molecule has 0 spiro atoms. The second-order valence-electron chi connectivity index (χ2n) is 4.45. The zero-order valence-corrected chi connectivity index (χ0v) is 13.3. The molecule has 22 heavy (non-hydrogen) atoms. The Morgan fingerprint density at radius 2 is 1.68 bits per heavy atom. The fourth-order valence-corrected chi connectivity index (χ4v) is 3.40. The summed E-state index contributed by atoms with van der Waals surface area (Å²) in [6.07, 6.45) is 3.11.